The van der Waals surface area contributed by atoms with Crippen molar-refractivity contribution >= 4 is 27.6 Å². The highest BCUT2D eigenvalue weighted by atomic mass is 32.2. The van der Waals surface area contributed by atoms with E-state index < -0.39 is 27.9 Å². The van der Waals surface area contributed by atoms with E-state index in [-0.39, 0.29) is 17.9 Å². The van der Waals surface area contributed by atoms with Crippen LogP contribution in [0.4, 0.5) is 5.69 Å². The van der Waals surface area contributed by atoms with Gasteiger partial charge in [0.1, 0.15) is 11.8 Å². The molecule has 1 aromatic heterocycles. The lowest BCUT2D eigenvalue weighted by atomic mass is 10.2. The van der Waals surface area contributed by atoms with Crippen LogP contribution in [0.2, 0.25) is 0 Å². The van der Waals surface area contributed by atoms with Gasteiger partial charge in [0, 0.05) is 5.69 Å². The molecule has 1 unspecified atom stereocenters. The summed E-state index contributed by atoms with van der Waals surface area (Å²) < 4.78 is 27.4. The molecule has 1 amide bonds. The predicted octanol–water partition coefficient (Wildman–Crippen LogP) is 0.499. The van der Waals surface area contributed by atoms with Gasteiger partial charge in [-0.15, -0.1) is 0 Å². The molecule has 0 saturated carbocycles. The number of benzene rings is 1. The van der Waals surface area contributed by atoms with E-state index in [1.807, 2.05) is 0 Å². The van der Waals surface area contributed by atoms with E-state index in [1.54, 1.807) is 12.1 Å². The Morgan fingerprint density at radius 1 is 1.20 bits per heavy atom. The highest BCUT2D eigenvalue weighted by Crippen LogP contribution is 2.13. The summed E-state index contributed by atoms with van der Waals surface area (Å²) in [5.41, 5.74) is 0.326. The van der Waals surface area contributed by atoms with Gasteiger partial charge in [0.2, 0.25) is 15.9 Å². The van der Waals surface area contributed by atoms with Gasteiger partial charge < -0.3 is 14.8 Å². The zero-order chi connectivity index (χ0) is 18.4. The van der Waals surface area contributed by atoms with Gasteiger partial charge >= 0.3 is 5.97 Å². The van der Waals surface area contributed by atoms with Crippen molar-refractivity contribution in [2.45, 2.75) is 23.9 Å². The minimum atomic E-state index is -3.82. The molecule has 10 heteroatoms. The summed E-state index contributed by atoms with van der Waals surface area (Å²) in [7, 11) is -3.82. The van der Waals surface area contributed by atoms with Gasteiger partial charge in [-0.1, -0.05) is 0 Å². The molecule has 1 aromatic carbocycles. The normalized spacial score (nSPS) is 12.5. The number of hydrogen-bond donors (Lipinski definition) is 4. The maximum absolute atomic E-state index is 12.0. The van der Waals surface area contributed by atoms with Crippen molar-refractivity contribution < 1.29 is 27.5 Å². The average Bonchev–Trinajstić information content (AvgIpc) is 3.04. The van der Waals surface area contributed by atoms with Crippen LogP contribution in [0.5, 0.6) is 0 Å². The Labute approximate surface area is 143 Å². The van der Waals surface area contributed by atoms with Crippen LogP contribution in [-0.4, -0.2) is 31.4 Å². The number of rotatable bonds is 8. The molecule has 2 aromatic rings. The van der Waals surface area contributed by atoms with E-state index in [2.05, 4.69) is 10.6 Å². The molecule has 1 atom stereocenters. The molecule has 0 aliphatic rings. The average molecular weight is 367 g/mol. The van der Waals surface area contributed by atoms with Gasteiger partial charge in [-0.05, 0) is 36.4 Å². The Bertz CT molecular complexity index is 831. The monoisotopic (exact) mass is 367 g/mol. The number of carboxylic acids is 1. The Kier molecular flexibility index (Phi) is 5.91. The molecule has 0 bridgehead atoms. The lowest BCUT2D eigenvalue weighted by Crippen LogP contribution is -2.39. The van der Waals surface area contributed by atoms with E-state index in [0.29, 0.717) is 11.4 Å². The van der Waals surface area contributed by atoms with E-state index in [0.717, 1.165) is 0 Å². The number of aliphatic carboxylic acids is 1. The largest absolute Gasteiger partial charge is 0.480 e. The number of primary sulfonamides is 1. The molecule has 1 heterocycles. The van der Waals surface area contributed by atoms with E-state index >= 15 is 0 Å². The van der Waals surface area contributed by atoms with Gasteiger partial charge in [0.05, 0.1) is 24.1 Å². The summed E-state index contributed by atoms with van der Waals surface area (Å²) in [6, 6.07) is 7.47. The first-order valence-corrected chi connectivity index (χ1v) is 8.71. The molecule has 0 spiro atoms. The van der Waals surface area contributed by atoms with Crippen molar-refractivity contribution in [1.82, 2.24) is 5.32 Å². The first-order chi connectivity index (χ1) is 11.8. The number of nitrogens with two attached hydrogens (primary N) is 1. The molecule has 0 fully saturated rings. The van der Waals surface area contributed by atoms with Crippen LogP contribution in [-0.2, 0) is 26.2 Å². The van der Waals surface area contributed by atoms with Crippen molar-refractivity contribution in [3.63, 3.8) is 0 Å². The Morgan fingerprint density at radius 2 is 1.88 bits per heavy atom. The number of amides is 1. The number of carbonyl (C=O) groups excluding carboxylic acids is 1. The summed E-state index contributed by atoms with van der Waals surface area (Å²) in [6.07, 6.45) is 1.15. The SMILES string of the molecule is NS(=O)(=O)c1ccc(NC(=O)CC(NCc2ccco2)C(=O)O)cc1. The second-order valence-electron chi connectivity index (χ2n) is 5.17. The van der Waals surface area contributed by atoms with Gasteiger partial charge in [-0.3, -0.25) is 14.9 Å². The molecule has 134 valence electrons. The fourth-order valence-corrected chi connectivity index (χ4v) is 2.52. The third kappa shape index (κ3) is 5.71. The van der Waals surface area contributed by atoms with Gasteiger partial charge in [-0.25, -0.2) is 13.6 Å². The maximum atomic E-state index is 12.0. The van der Waals surface area contributed by atoms with Gasteiger partial charge in [-0.2, -0.15) is 0 Å². The lowest BCUT2D eigenvalue weighted by Gasteiger charge is -2.13. The fourth-order valence-electron chi connectivity index (χ4n) is 2.01. The first kappa shape index (κ1) is 18.6. The summed E-state index contributed by atoms with van der Waals surface area (Å²) >= 11 is 0. The zero-order valence-electron chi connectivity index (χ0n) is 13.0. The smallest absolute Gasteiger partial charge is 0.321 e. The summed E-state index contributed by atoms with van der Waals surface area (Å²) in [6.45, 7) is 0.167. The first-order valence-electron chi connectivity index (χ1n) is 7.17. The number of nitrogens with one attached hydrogen (secondary N) is 2. The number of sulfonamides is 1. The quantitative estimate of drug-likeness (QED) is 0.530. The number of carboxylic acid groups (broad SMARTS) is 1. The molecule has 25 heavy (non-hydrogen) atoms. The summed E-state index contributed by atoms with van der Waals surface area (Å²) in [5, 5.41) is 19.4. The predicted molar refractivity (Wildman–Crippen MR) is 88.0 cm³/mol. The third-order valence-corrected chi connectivity index (χ3v) is 4.19. The number of carbonyl (C=O) groups is 2. The van der Waals surface area contributed by atoms with Crippen molar-refractivity contribution in [3.8, 4) is 0 Å². The van der Waals surface area contributed by atoms with Crippen molar-refractivity contribution in [1.29, 1.82) is 0 Å². The van der Waals surface area contributed by atoms with E-state index in [4.69, 9.17) is 9.56 Å². The molecular formula is C15H17N3O6S. The second-order valence-corrected chi connectivity index (χ2v) is 6.73. The lowest BCUT2D eigenvalue weighted by molar-refractivity contribution is -0.141. The maximum Gasteiger partial charge on any atom is 0.321 e. The van der Waals surface area contributed by atoms with Crippen LogP contribution in [0.1, 0.15) is 12.2 Å². The van der Waals surface area contributed by atoms with Crippen LogP contribution in [0.25, 0.3) is 0 Å². The van der Waals surface area contributed by atoms with Gasteiger partial charge in [0.25, 0.3) is 0 Å². The molecular weight excluding hydrogens is 350 g/mol. The number of furan rings is 1. The highest BCUT2D eigenvalue weighted by Gasteiger charge is 2.21. The molecule has 5 N–H and O–H groups in total. The van der Waals surface area contributed by atoms with Crippen LogP contribution in [0.15, 0.2) is 52.0 Å². The topological polar surface area (TPSA) is 152 Å². The van der Waals surface area contributed by atoms with Crippen molar-refractivity contribution in [2.75, 3.05) is 5.32 Å². The second kappa shape index (κ2) is 7.92. The summed E-state index contributed by atoms with van der Waals surface area (Å²) in [4.78, 5) is 23.1. The Hall–Kier alpha value is -2.69. The highest BCUT2D eigenvalue weighted by molar-refractivity contribution is 7.89. The van der Waals surface area contributed by atoms with E-state index in [9.17, 15) is 23.1 Å². The standard InChI is InChI=1S/C15H17N3O6S/c16-25(22,23)12-5-3-10(4-6-12)18-14(19)8-13(15(20)21)17-9-11-2-1-7-24-11/h1-7,13,17H,8-9H2,(H,18,19)(H,20,21)(H2,16,22,23). The van der Waals surface area contributed by atoms with Crippen LogP contribution in [0.3, 0.4) is 0 Å². The Balaban J connectivity index is 1.93. The molecule has 0 radical (unpaired) electrons. The fraction of sp³-hybridized carbons (Fsp3) is 0.200. The van der Waals surface area contributed by atoms with E-state index in [1.165, 1.54) is 30.5 Å². The summed E-state index contributed by atoms with van der Waals surface area (Å²) in [5.74, 6) is -1.17. The molecule has 0 aliphatic heterocycles. The Morgan fingerprint density at radius 3 is 2.40 bits per heavy atom. The minimum Gasteiger partial charge on any atom is -0.480 e. The van der Waals surface area contributed by atoms with Crippen molar-refractivity contribution in [3.05, 3.63) is 48.4 Å². The molecule has 2 rings (SSSR count). The number of hydrogen-bond acceptors (Lipinski definition) is 6. The zero-order valence-corrected chi connectivity index (χ0v) is 13.8. The van der Waals surface area contributed by atoms with Crippen LogP contribution in [0, 0.1) is 0 Å². The number of anilines is 1. The van der Waals surface area contributed by atoms with Gasteiger partial charge in [0.15, 0.2) is 0 Å². The third-order valence-electron chi connectivity index (χ3n) is 3.26. The van der Waals surface area contributed by atoms with Crippen LogP contribution < -0.4 is 15.8 Å². The minimum absolute atomic E-state index is 0.0889. The molecule has 9 nitrogen and oxygen atoms in total. The molecule has 0 aliphatic carbocycles. The van der Waals surface area contributed by atoms with Crippen molar-refractivity contribution in [2.24, 2.45) is 5.14 Å². The molecule has 0 saturated heterocycles. The van der Waals surface area contributed by atoms with Crippen LogP contribution >= 0.6 is 0 Å².